The van der Waals surface area contributed by atoms with Gasteiger partial charge in [0.25, 0.3) is 0 Å². The zero-order valence-electron chi connectivity index (χ0n) is 11.1. The van der Waals surface area contributed by atoms with E-state index in [0.29, 0.717) is 19.3 Å². The maximum atomic E-state index is 5.59. The van der Waals surface area contributed by atoms with Gasteiger partial charge in [-0.05, 0) is 32.6 Å². The molecule has 0 spiro atoms. The van der Waals surface area contributed by atoms with Gasteiger partial charge in [0.15, 0.2) is 0 Å². The number of rotatable bonds is 7. The molecule has 0 bridgehead atoms. The Morgan fingerprint density at radius 2 is 1.88 bits per heavy atom. The third-order valence-corrected chi connectivity index (χ3v) is 3.24. The molecule has 0 aliphatic carbocycles. The molecule has 16 heavy (non-hydrogen) atoms. The van der Waals surface area contributed by atoms with Crippen LogP contribution in [0.1, 0.15) is 40.0 Å². The van der Waals surface area contributed by atoms with E-state index in [1.165, 1.54) is 32.4 Å². The molecule has 0 N–H and O–H groups in total. The summed E-state index contributed by atoms with van der Waals surface area (Å²) in [6, 6.07) is 0. The lowest BCUT2D eigenvalue weighted by molar-refractivity contribution is -0.0279. The van der Waals surface area contributed by atoms with E-state index in [9.17, 15) is 0 Å². The Bertz CT molecular complexity index is 165. The van der Waals surface area contributed by atoms with Crippen LogP contribution >= 0.6 is 0 Å². The molecule has 0 amide bonds. The molecule has 1 saturated heterocycles. The van der Waals surface area contributed by atoms with Gasteiger partial charge in [-0.3, -0.25) is 4.90 Å². The van der Waals surface area contributed by atoms with Gasteiger partial charge in [-0.1, -0.05) is 13.3 Å². The minimum Gasteiger partial charge on any atom is -0.376 e. The molecular formula is C13H27NO2. The van der Waals surface area contributed by atoms with E-state index < -0.39 is 0 Å². The molecule has 3 nitrogen and oxygen atoms in total. The zero-order valence-corrected chi connectivity index (χ0v) is 11.1. The van der Waals surface area contributed by atoms with E-state index in [1.54, 1.807) is 0 Å². The molecule has 1 aliphatic heterocycles. The highest BCUT2D eigenvalue weighted by Gasteiger charge is 2.17. The first-order chi connectivity index (χ1) is 7.72. The zero-order chi connectivity index (χ0) is 11.8. The summed E-state index contributed by atoms with van der Waals surface area (Å²) in [6.45, 7) is 11.0. The maximum Gasteiger partial charge on any atom is 0.0991 e. The molecule has 0 atom stereocenters. The minimum atomic E-state index is 0.309. The van der Waals surface area contributed by atoms with Crippen LogP contribution in [0.2, 0.25) is 0 Å². The van der Waals surface area contributed by atoms with Crippen molar-refractivity contribution < 1.29 is 9.47 Å². The highest BCUT2D eigenvalue weighted by atomic mass is 16.5. The van der Waals surface area contributed by atoms with E-state index in [-0.39, 0.29) is 0 Å². The standard InChI is InChI=1S/C13H27NO2/c1-4-13-5-7-14(8-6-13)11-15-9-10-16-12(2)3/h12-13H,4-11H2,1-3H3. The molecule has 0 aromatic heterocycles. The Balaban J connectivity index is 1.94. The molecule has 1 heterocycles. The van der Waals surface area contributed by atoms with Crippen molar-refractivity contribution in [2.24, 2.45) is 5.92 Å². The monoisotopic (exact) mass is 229 g/mol. The fourth-order valence-electron chi connectivity index (χ4n) is 2.06. The number of nitrogens with zero attached hydrogens (tertiary/aromatic N) is 1. The summed E-state index contributed by atoms with van der Waals surface area (Å²) in [5.41, 5.74) is 0. The first-order valence-electron chi connectivity index (χ1n) is 6.64. The average molecular weight is 229 g/mol. The van der Waals surface area contributed by atoms with Gasteiger partial charge in [0, 0.05) is 13.1 Å². The lowest BCUT2D eigenvalue weighted by Gasteiger charge is -2.31. The molecule has 0 saturated carbocycles. The second-order valence-corrected chi connectivity index (χ2v) is 4.93. The topological polar surface area (TPSA) is 21.7 Å². The molecule has 1 rings (SSSR count). The lowest BCUT2D eigenvalue weighted by Crippen LogP contribution is -2.35. The van der Waals surface area contributed by atoms with Gasteiger partial charge in [0.05, 0.1) is 26.0 Å². The fraction of sp³-hybridized carbons (Fsp3) is 1.00. The molecule has 0 unspecified atom stereocenters. The largest absolute Gasteiger partial charge is 0.376 e. The van der Waals surface area contributed by atoms with E-state index >= 15 is 0 Å². The van der Waals surface area contributed by atoms with Crippen LogP contribution in [0.3, 0.4) is 0 Å². The number of ether oxygens (including phenoxy) is 2. The van der Waals surface area contributed by atoms with E-state index in [2.05, 4.69) is 25.7 Å². The number of piperidine rings is 1. The average Bonchev–Trinajstić information content (AvgIpc) is 2.29. The third-order valence-electron chi connectivity index (χ3n) is 3.24. The Morgan fingerprint density at radius 1 is 1.19 bits per heavy atom. The predicted octanol–water partition coefficient (Wildman–Crippen LogP) is 2.51. The quantitative estimate of drug-likeness (QED) is 0.626. The van der Waals surface area contributed by atoms with Crippen LogP contribution < -0.4 is 0 Å². The summed E-state index contributed by atoms with van der Waals surface area (Å²) < 4.78 is 11.0. The molecule has 3 heteroatoms. The van der Waals surface area contributed by atoms with Gasteiger partial charge in [-0.15, -0.1) is 0 Å². The second kappa shape index (κ2) is 8.04. The van der Waals surface area contributed by atoms with Gasteiger partial charge >= 0.3 is 0 Å². The van der Waals surface area contributed by atoms with Crippen molar-refractivity contribution in [1.82, 2.24) is 4.90 Å². The van der Waals surface area contributed by atoms with Crippen LogP contribution in [0.15, 0.2) is 0 Å². The number of hydrogen-bond acceptors (Lipinski definition) is 3. The minimum absolute atomic E-state index is 0.309. The normalized spacial score (nSPS) is 19.5. The Morgan fingerprint density at radius 3 is 2.44 bits per heavy atom. The van der Waals surface area contributed by atoms with Gasteiger partial charge in [0.1, 0.15) is 0 Å². The third kappa shape index (κ3) is 5.83. The van der Waals surface area contributed by atoms with Crippen LogP contribution in [0.25, 0.3) is 0 Å². The van der Waals surface area contributed by atoms with E-state index in [0.717, 1.165) is 12.6 Å². The summed E-state index contributed by atoms with van der Waals surface area (Å²) in [4.78, 5) is 2.40. The van der Waals surface area contributed by atoms with E-state index in [1.807, 2.05) is 0 Å². The van der Waals surface area contributed by atoms with E-state index in [4.69, 9.17) is 9.47 Å². The van der Waals surface area contributed by atoms with Gasteiger partial charge in [-0.2, -0.15) is 0 Å². The maximum absolute atomic E-state index is 5.59. The highest BCUT2D eigenvalue weighted by molar-refractivity contribution is 4.69. The van der Waals surface area contributed by atoms with Crippen LogP contribution in [-0.2, 0) is 9.47 Å². The Kier molecular flexibility index (Phi) is 7.01. The van der Waals surface area contributed by atoms with Crippen LogP contribution in [0.5, 0.6) is 0 Å². The first-order valence-corrected chi connectivity index (χ1v) is 6.64. The fourth-order valence-corrected chi connectivity index (χ4v) is 2.06. The van der Waals surface area contributed by atoms with Gasteiger partial charge in [-0.25, -0.2) is 0 Å². The summed E-state index contributed by atoms with van der Waals surface area (Å²) in [5, 5.41) is 0. The number of likely N-dealkylation sites (tertiary alicyclic amines) is 1. The van der Waals surface area contributed by atoms with Crippen molar-refractivity contribution in [3.63, 3.8) is 0 Å². The molecule has 96 valence electrons. The summed E-state index contributed by atoms with van der Waals surface area (Å²) >= 11 is 0. The SMILES string of the molecule is CCC1CCN(COCCOC(C)C)CC1. The van der Waals surface area contributed by atoms with Crippen molar-refractivity contribution in [1.29, 1.82) is 0 Å². The van der Waals surface area contributed by atoms with Crippen molar-refractivity contribution in [2.75, 3.05) is 33.0 Å². The smallest absolute Gasteiger partial charge is 0.0991 e. The van der Waals surface area contributed by atoms with Crippen LogP contribution in [-0.4, -0.2) is 44.0 Å². The Labute approximate surface area is 100 Å². The Hall–Kier alpha value is -0.120. The van der Waals surface area contributed by atoms with Crippen molar-refractivity contribution in [2.45, 2.75) is 46.1 Å². The summed E-state index contributed by atoms with van der Waals surface area (Å²) in [7, 11) is 0. The molecule has 1 fully saturated rings. The second-order valence-electron chi connectivity index (χ2n) is 4.93. The lowest BCUT2D eigenvalue weighted by atomic mass is 9.95. The highest BCUT2D eigenvalue weighted by Crippen LogP contribution is 2.19. The molecule has 1 aliphatic rings. The van der Waals surface area contributed by atoms with Crippen molar-refractivity contribution in [3.8, 4) is 0 Å². The molecule has 0 aromatic rings. The summed E-state index contributed by atoms with van der Waals surface area (Å²) in [5.74, 6) is 0.945. The van der Waals surface area contributed by atoms with Crippen molar-refractivity contribution in [3.05, 3.63) is 0 Å². The molecular weight excluding hydrogens is 202 g/mol. The van der Waals surface area contributed by atoms with Gasteiger partial charge < -0.3 is 9.47 Å². The summed E-state index contributed by atoms with van der Waals surface area (Å²) in [6.07, 6.45) is 4.31. The van der Waals surface area contributed by atoms with Gasteiger partial charge in [0.2, 0.25) is 0 Å². The predicted molar refractivity (Wildman–Crippen MR) is 66.5 cm³/mol. The molecule has 0 aromatic carbocycles. The molecule has 0 radical (unpaired) electrons. The number of hydrogen-bond donors (Lipinski definition) is 0. The first kappa shape index (κ1) is 13.9. The van der Waals surface area contributed by atoms with Crippen LogP contribution in [0, 0.1) is 5.92 Å². The van der Waals surface area contributed by atoms with Crippen LogP contribution in [0.4, 0.5) is 0 Å². The van der Waals surface area contributed by atoms with Crippen molar-refractivity contribution >= 4 is 0 Å².